The Hall–Kier alpha value is -3.22. The van der Waals surface area contributed by atoms with Crippen LogP contribution in [0.4, 0.5) is 10.1 Å². The molecule has 162 valence electrons. The van der Waals surface area contributed by atoms with Gasteiger partial charge in [-0.1, -0.05) is 31.4 Å². The van der Waals surface area contributed by atoms with Gasteiger partial charge in [0.25, 0.3) is 11.8 Å². The SMILES string of the molecule is COc1ccc(N2C(=O)CC(N(C(=O)c3ccccc3F)C3CCCCC3)C2=O)cc1. The number of amides is 3. The Morgan fingerprint density at radius 3 is 2.35 bits per heavy atom. The predicted molar refractivity (Wildman–Crippen MR) is 113 cm³/mol. The molecule has 2 aromatic rings. The van der Waals surface area contributed by atoms with Crippen LogP contribution in [0.25, 0.3) is 0 Å². The van der Waals surface area contributed by atoms with Crippen molar-refractivity contribution in [3.8, 4) is 5.75 Å². The predicted octanol–water partition coefficient (Wildman–Crippen LogP) is 3.94. The van der Waals surface area contributed by atoms with Gasteiger partial charge in [-0.25, -0.2) is 9.29 Å². The molecule has 1 aliphatic carbocycles. The summed E-state index contributed by atoms with van der Waals surface area (Å²) in [6.07, 6.45) is 4.29. The molecule has 1 saturated heterocycles. The van der Waals surface area contributed by atoms with Crippen LogP contribution < -0.4 is 9.64 Å². The summed E-state index contributed by atoms with van der Waals surface area (Å²) in [5.74, 6) is -1.38. The molecule has 2 fully saturated rings. The first-order valence-corrected chi connectivity index (χ1v) is 10.6. The minimum atomic E-state index is -0.940. The molecule has 0 radical (unpaired) electrons. The molecule has 3 amide bonds. The zero-order valence-electron chi connectivity index (χ0n) is 17.4. The Bertz CT molecular complexity index is 985. The van der Waals surface area contributed by atoms with Gasteiger partial charge in [0, 0.05) is 6.04 Å². The van der Waals surface area contributed by atoms with E-state index in [1.165, 1.54) is 30.2 Å². The van der Waals surface area contributed by atoms with Gasteiger partial charge in [-0.05, 0) is 49.2 Å². The minimum Gasteiger partial charge on any atom is -0.497 e. The zero-order valence-corrected chi connectivity index (χ0v) is 17.4. The van der Waals surface area contributed by atoms with Crippen LogP contribution in [0.1, 0.15) is 48.9 Å². The lowest BCUT2D eigenvalue weighted by molar-refractivity contribution is -0.123. The first kappa shape index (κ1) is 21.0. The second kappa shape index (κ2) is 8.88. The molecule has 1 aliphatic heterocycles. The standard InChI is InChI=1S/C24H25FN2O4/c1-31-18-13-11-17(12-14-18)27-22(28)15-21(24(27)30)26(16-7-3-2-4-8-16)23(29)19-9-5-6-10-20(19)25/h5-6,9-14,16,21H,2-4,7-8,15H2,1H3. The van der Waals surface area contributed by atoms with Crippen molar-refractivity contribution in [1.82, 2.24) is 4.90 Å². The van der Waals surface area contributed by atoms with Gasteiger partial charge in [-0.2, -0.15) is 0 Å². The zero-order chi connectivity index (χ0) is 22.0. The Kier molecular flexibility index (Phi) is 6.02. The van der Waals surface area contributed by atoms with E-state index in [2.05, 4.69) is 0 Å². The number of hydrogen-bond acceptors (Lipinski definition) is 4. The van der Waals surface area contributed by atoms with E-state index in [4.69, 9.17) is 4.74 Å². The lowest BCUT2D eigenvalue weighted by Gasteiger charge is -2.37. The van der Waals surface area contributed by atoms with Crippen LogP contribution in [0.5, 0.6) is 5.75 Å². The quantitative estimate of drug-likeness (QED) is 0.682. The van der Waals surface area contributed by atoms with Crippen LogP contribution in [0.2, 0.25) is 0 Å². The molecule has 0 spiro atoms. The second-order valence-electron chi connectivity index (χ2n) is 7.97. The minimum absolute atomic E-state index is 0.0729. The molecule has 31 heavy (non-hydrogen) atoms. The number of ether oxygens (including phenoxy) is 1. The monoisotopic (exact) mass is 424 g/mol. The summed E-state index contributed by atoms with van der Waals surface area (Å²) in [4.78, 5) is 42.2. The van der Waals surface area contributed by atoms with Crippen LogP contribution >= 0.6 is 0 Å². The fourth-order valence-corrected chi connectivity index (χ4v) is 4.53. The van der Waals surface area contributed by atoms with Gasteiger partial charge < -0.3 is 9.64 Å². The third kappa shape index (κ3) is 4.04. The van der Waals surface area contributed by atoms with E-state index in [0.29, 0.717) is 11.4 Å². The largest absolute Gasteiger partial charge is 0.497 e. The second-order valence-corrected chi connectivity index (χ2v) is 7.97. The Morgan fingerprint density at radius 1 is 1.03 bits per heavy atom. The molecule has 4 rings (SSSR count). The third-order valence-corrected chi connectivity index (χ3v) is 6.10. The average molecular weight is 424 g/mol. The number of carbonyl (C=O) groups is 3. The molecule has 1 unspecified atom stereocenters. The molecule has 1 heterocycles. The van der Waals surface area contributed by atoms with Crippen LogP contribution in [0.3, 0.4) is 0 Å². The lowest BCUT2D eigenvalue weighted by atomic mass is 9.92. The van der Waals surface area contributed by atoms with E-state index >= 15 is 0 Å². The van der Waals surface area contributed by atoms with Gasteiger partial charge in [0.2, 0.25) is 5.91 Å². The summed E-state index contributed by atoms with van der Waals surface area (Å²) < 4.78 is 19.6. The summed E-state index contributed by atoms with van der Waals surface area (Å²) in [6, 6.07) is 11.3. The molecule has 2 aromatic carbocycles. The van der Waals surface area contributed by atoms with E-state index in [0.717, 1.165) is 37.0 Å². The summed E-state index contributed by atoms with van der Waals surface area (Å²) in [5.41, 5.74) is 0.358. The molecule has 7 heteroatoms. The van der Waals surface area contributed by atoms with E-state index < -0.39 is 23.7 Å². The maximum Gasteiger partial charge on any atom is 0.257 e. The summed E-state index contributed by atoms with van der Waals surface area (Å²) in [7, 11) is 1.54. The number of nitrogens with zero attached hydrogens (tertiary/aromatic N) is 2. The normalized spacial score (nSPS) is 19.5. The first-order valence-electron chi connectivity index (χ1n) is 10.6. The third-order valence-electron chi connectivity index (χ3n) is 6.10. The van der Waals surface area contributed by atoms with E-state index in [1.54, 1.807) is 30.3 Å². The molecule has 1 saturated carbocycles. The molecular formula is C24H25FN2O4. The number of hydrogen-bond donors (Lipinski definition) is 0. The molecule has 0 N–H and O–H groups in total. The highest BCUT2D eigenvalue weighted by Crippen LogP contribution is 2.33. The smallest absolute Gasteiger partial charge is 0.257 e. The van der Waals surface area contributed by atoms with Gasteiger partial charge in [0.1, 0.15) is 17.6 Å². The van der Waals surface area contributed by atoms with Crippen molar-refractivity contribution in [2.75, 3.05) is 12.0 Å². The van der Waals surface area contributed by atoms with Gasteiger partial charge in [0.15, 0.2) is 0 Å². The number of methoxy groups -OCH3 is 1. The Balaban J connectivity index is 1.67. The van der Waals surface area contributed by atoms with Crippen LogP contribution in [-0.2, 0) is 9.59 Å². The topological polar surface area (TPSA) is 66.9 Å². The number of anilines is 1. The van der Waals surface area contributed by atoms with Crippen molar-refractivity contribution in [3.63, 3.8) is 0 Å². The molecule has 1 atom stereocenters. The van der Waals surface area contributed by atoms with Crippen molar-refractivity contribution in [1.29, 1.82) is 0 Å². The van der Waals surface area contributed by atoms with Crippen LogP contribution in [0.15, 0.2) is 48.5 Å². The van der Waals surface area contributed by atoms with Crippen molar-refractivity contribution in [2.24, 2.45) is 0 Å². The number of carbonyl (C=O) groups excluding carboxylic acids is 3. The van der Waals surface area contributed by atoms with Crippen LogP contribution in [-0.4, -0.2) is 41.8 Å². The van der Waals surface area contributed by atoms with Gasteiger partial charge in [-0.15, -0.1) is 0 Å². The van der Waals surface area contributed by atoms with E-state index in [9.17, 15) is 18.8 Å². The molecule has 6 nitrogen and oxygen atoms in total. The van der Waals surface area contributed by atoms with Crippen molar-refractivity contribution >= 4 is 23.4 Å². The summed E-state index contributed by atoms with van der Waals surface area (Å²) in [5, 5.41) is 0. The van der Waals surface area contributed by atoms with Gasteiger partial charge in [0.05, 0.1) is 24.8 Å². The first-order chi connectivity index (χ1) is 15.0. The molecular weight excluding hydrogens is 399 g/mol. The number of imide groups is 1. The van der Waals surface area contributed by atoms with Crippen LogP contribution in [0, 0.1) is 5.82 Å². The van der Waals surface area contributed by atoms with Crippen molar-refractivity contribution < 1.29 is 23.5 Å². The average Bonchev–Trinajstić information content (AvgIpc) is 3.08. The number of rotatable bonds is 5. The highest BCUT2D eigenvalue weighted by Gasteiger charge is 2.47. The fraction of sp³-hybridized carbons (Fsp3) is 0.375. The molecule has 0 aromatic heterocycles. The molecule has 2 aliphatic rings. The number of halogens is 1. The maximum absolute atomic E-state index is 14.4. The Labute approximate surface area is 180 Å². The maximum atomic E-state index is 14.4. The van der Waals surface area contributed by atoms with E-state index in [-0.39, 0.29) is 23.9 Å². The summed E-state index contributed by atoms with van der Waals surface area (Å²) >= 11 is 0. The Morgan fingerprint density at radius 2 is 1.71 bits per heavy atom. The van der Waals surface area contributed by atoms with Crippen molar-refractivity contribution in [2.45, 2.75) is 50.6 Å². The van der Waals surface area contributed by atoms with Gasteiger partial charge in [-0.3, -0.25) is 14.4 Å². The fourth-order valence-electron chi connectivity index (χ4n) is 4.53. The highest BCUT2D eigenvalue weighted by molar-refractivity contribution is 6.23. The molecule has 0 bridgehead atoms. The van der Waals surface area contributed by atoms with Crippen molar-refractivity contribution in [3.05, 3.63) is 59.9 Å². The number of benzene rings is 2. The highest BCUT2D eigenvalue weighted by atomic mass is 19.1. The van der Waals surface area contributed by atoms with Gasteiger partial charge >= 0.3 is 0 Å². The van der Waals surface area contributed by atoms with E-state index in [1.807, 2.05) is 0 Å². The lowest BCUT2D eigenvalue weighted by Crippen LogP contribution is -2.51. The summed E-state index contributed by atoms with van der Waals surface area (Å²) in [6.45, 7) is 0.